The number of anilines is 2. The summed E-state index contributed by atoms with van der Waals surface area (Å²) in [5.74, 6) is 1.35. The van der Waals surface area contributed by atoms with Gasteiger partial charge in [-0.3, -0.25) is 4.79 Å². The zero-order chi connectivity index (χ0) is 22.1. The lowest BCUT2D eigenvalue weighted by Gasteiger charge is -2.34. The molecule has 1 aromatic rings. The van der Waals surface area contributed by atoms with Crippen LogP contribution >= 0.6 is 0 Å². The Balaban J connectivity index is 1.97. The number of aliphatic hydroxyl groups excluding tert-OH is 1. The topological polar surface area (TPSA) is 97.8 Å². The summed E-state index contributed by atoms with van der Waals surface area (Å²) in [6, 6.07) is 2.72. The Morgan fingerprint density at radius 2 is 1.90 bits per heavy atom. The first-order valence-corrected chi connectivity index (χ1v) is 11.1. The normalized spacial score (nSPS) is 15.7. The number of hydrogen-bond acceptors (Lipinski definition) is 5. The number of likely N-dealkylation sites (tertiary alicyclic amines) is 1. The number of nitrogens with one attached hydrogen (secondary N) is 2. The number of pyridine rings is 1. The van der Waals surface area contributed by atoms with E-state index >= 15 is 0 Å². The van der Waals surface area contributed by atoms with Crippen LogP contribution in [0.4, 0.5) is 16.3 Å². The highest BCUT2D eigenvalue weighted by molar-refractivity contribution is 5.93. The van der Waals surface area contributed by atoms with Gasteiger partial charge in [0.05, 0.1) is 11.9 Å². The molecule has 0 radical (unpaired) electrons. The minimum Gasteiger partial charge on any atom is -0.396 e. The Labute approximate surface area is 180 Å². The van der Waals surface area contributed by atoms with Crippen molar-refractivity contribution in [3.63, 3.8) is 0 Å². The number of hydrogen-bond donors (Lipinski definition) is 3. The van der Waals surface area contributed by atoms with Crippen molar-refractivity contribution in [3.05, 3.63) is 18.3 Å². The van der Waals surface area contributed by atoms with Crippen molar-refractivity contribution in [2.24, 2.45) is 11.8 Å². The number of aromatic nitrogens is 1. The highest BCUT2D eigenvalue weighted by atomic mass is 16.3. The number of amides is 3. The fourth-order valence-corrected chi connectivity index (χ4v) is 3.77. The Bertz CT molecular complexity index is 668. The number of carbonyl (C=O) groups excluding carboxylic acids is 2. The van der Waals surface area contributed by atoms with Crippen LogP contribution in [0.25, 0.3) is 0 Å². The highest BCUT2D eigenvalue weighted by Gasteiger charge is 2.29. The first-order valence-electron chi connectivity index (χ1n) is 11.1. The SMILES string of the molecule is CCN(CC)c1ccc(NC(=O)N[C@@H](CC(C)C)C(=O)N2CCC(CO)CC2)cn1. The molecule has 1 saturated heterocycles. The first kappa shape index (κ1) is 23.9. The van der Waals surface area contributed by atoms with Crippen molar-refractivity contribution in [3.8, 4) is 0 Å². The molecule has 1 aromatic heterocycles. The third-order valence-corrected chi connectivity index (χ3v) is 5.59. The van der Waals surface area contributed by atoms with E-state index in [4.69, 9.17) is 0 Å². The third-order valence-electron chi connectivity index (χ3n) is 5.59. The molecule has 0 saturated carbocycles. The van der Waals surface area contributed by atoms with Crippen molar-refractivity contribution in [2.45, 2.75) is 53.0 Å². The fraction of sp³-hybridized carbons (Fsp3) is 0.682. The zero-order valence-corrected chi connectivity index (χ0v) is 18.7. The molecular weight excluding hydrogens is 382 g/mol. The largest absolute Gasteiger partial charge is 0.396 e. The van der Waals surface area contributed by atoms with Crippen LogP contribution in [-0.2, 0) is 4.79 Å². The van der Waals surface area contributed by atoms with Crippen LogP contribution < -0.4 is 15.5 Å². The predicted octanol–water partition coefficient (Wildman–Crippen LogP) is 2.69. The molecule has 30 heavy (non-hydrogen) atoms. The summed E-state index contributed by atoms with van der Waals surface area (Å²) in [7, 11) is 0. The standard InChI is InChI=1S/C22H37N5O3/c1-5-26(6-2)20-8-7-18(14-23-20)24-22(30)25-19(13-16(3)4)21(29)27-11-9-17(15-28)10-12-27/h7-8,14,16-17,19,28H,5-6,9-13,15H2,1-4H3,(H2,24,25,30)/t19-/m0/s1. The molecule has 8 heteroatoms. The maximum Gasteiger partial charge on any atom is 0.319 e. The molecule has 1 aliphatic rings. The molecule has 0 bridgehead atoms. The minimum absolute atomic E-state index is 0.0507. The van der Waals surface area contributed by atoms with Gasteiger partial charge >= 0.3 is 6.03 Å². The van der Waals surface area contributed by atoms with Gasteiger partial charge in [0.15, 0.2) is 0 Å². The van der Waals surface area contributed by atoms with E-state index in [0.29, 0.717) is 25.2 Å². The maximum absolute atomic E-state index is 13.0. The molecule has 1 fully saturated rings. The van der Waals surface area contributed by atoms with Gasteiger partial charge in [0.1, 0.15) is 11.9 Å². The average molecular weight is 420 g/mol. The molecule has 168 valence electrons. The van der Waals surface area contributed by atoms with E-state index in [1.54, 1.807) is 11.1 Å². The Morgan fingerprint density at radius 3 is 2.40 bits per heavy atom. The van der Waals surface area contributed by atoms with Crippen molar-refractivity contribution < 1.29 is 14.7 Å². The summed E-state index contributed by atoms with van der Waals surface area (Å²) in [5.41, 5.74) is 0.586. The molecule has 0 aromatic carbocycles. The quantitative estimate of drug-likeness (QED) is 0.572. The van der Waals surface area contributed by atoms with Gasteiger partial charge < -0.3 is 25.5 Å². The molecule has 1 atom stereocenters. The second-order valence-electron chi connectivity index (χ2n) is 8.31. The van der Waals surface area contributed by atoms with Gasteiger partial charge in [-0.05, 0) is 57.1 Å². The van der Waals surface area contributed by atoms with Gasteiger partial charge in [-0.1, -0.05) is 13.8 Å². The second kappa shape index (κ2) is 11.7. The van der Waals surface area contributed by atoms with E-state index in [9.17, 15) is 14.7 Å². The summed E-state index contributed by atoms with van der Waals surface area (Å²) in [6.07, 6.45) is 3.80. The average Bonchev–Trinajstić information content (AvgIpc) is 2.74. The Hall–Kier alpha value is -2.35. The van der Waals surface area contributed by atoms with Gasteiger partial charge in [0, 0.05) is 32.8 Å². The summed E-state index contributed by atoms with van der Waals surface area (Å²) < 4.78 is 0. The summed E-state index contributed by atoms with van der Waals surface area (Å²) in [6.45, 7) is 11.4. The first-order chi connectivity index (χ1) is 14.4. The van der Waals surface area contributed by atoms with Gasteiger partial charge in [-0.2, -0.15) is 0 Å². The molecule has 8 nitrogen and oxygen atoms in total. The maximum atomic E-state index is 13.0. The highest BCUT2D eigenvalue weighted by Crippen LogP contribution is 2.19. The van der Waals surface area contributed by atoms with Crippen LogP contribution in [0.5, 0.6) is 0 Å². The molecule has 2 heterocycles. The molecule has 3 N–H and O–H groups in total. The van der Waals surface area contributed by atoms with Crippen LogP contribution in [0.2, 0.25) is 0 Å². The lowest BCUT2D eigenvalue weighted by atomic mass is 9.96. The molecule has 3 amide bonds. The van der Waals surface area contributed by atoms with Gasteiger partial charge in [-0.25, -0.2) is 9.78 Å². The lowest BCUT2D eigenvalue weighted by Crippen LogP contribution is -2.52. The molecule has 0 spiro atoms. The van der Waals surface area contributed by atoms with E-state index in [1.165, 1.54) is 0 Å². The number of nitrogens with zero attached hydrogens (tertiary/aromatic N) is 3. The molecule has 1 aliphatic heterocycles. The molecule has 2 rings (SSSR count). The zero-order valence-electron chi connectivity index (χ0n) is 18.7. The van der Waals surface area contributed by atoms with Gasteiger partial charge in [-0.15, -0.1) is 0 Å². The van der Waals surface area contributed by atoms with Crippen molar-refractivity contribution in [2.75, 3.05) is 43.0 Å². The van der Waals surface area contributed by atoms with E-state index in [-0.39, 0.29) is 24.3 Å². The monoisotopic (exact) mass is 419 g/mol. The van der Waals surface area contributed by atoms with Gasteiger partial charge in [0.25, 0.3) is 0 Å². The number of urea groups is 1. The predicted molar refractivity (Wildman–Crippen MR) is 120 cm³/mol. The fourth-order valence-electron chi connectivity index (χ4n) is 3.77. The summed E-state index contributed by atoms with van der Waals surface area (Å²) in [5, 5.41) is 14.9. The van der Waals surface area contributed by atoms with Crippen molar-refractivity contribution >= 4 is 23.4 Å². The van der Waals surface area contributed by atoms with Crippen molar-refractivity contribution in [1.82, 2.24) is 15.2 Å². The van der Waals surface area contributed by atoms with Crippen LogP contribution in [0.1, 0.15) is 47.0 Å². The van der Waals surface area contributed by atoms with E-state index in [0.717, 1.165) is 31.7 Å². The summed E-state index contributed by atoms with van der Waals surface area (Å²) in [4.78, 5) is 33.9. The molecule has 0 aliphatic carbocycles. The Morgan fingerprint density at radius 1 is 1.23 bits per heavy atom. The lowest BCUT2D eigenvalue weighted by molar-refractivity contribution is -0.135. The van der Waals surface area contributed by atoms with Crippen LogP contribution in [0.3, 0.4) is 0 Å². The smallest absolute Gasteiger partial charge is 0.319 e. The van der Waals surface area contributed by atoms with E-state index in [2.05, 4.69) is 34.4 Å². The van der Waals surface area contributed by atoms with E-state index < -0.39 is 12.1 Å². The van der Waals surface area contributed by atoms with Crippen molar-refractivity contribution in [1.29, 1.82) is 0 Å². The van der Waals surface area contributed by atoms with Gasteiger partial charge in [0.2, 0.25) is 5.91 Å². The second-order valence-corrected chi connectivity index (χ2v) is 8.31. The van der Waals surface area contributed by atoms with Crippen LogP contribution in [0.15, 0.2) is 18.3 Å². The third kappa shape index (κ3) is 6.86. The Kier molecular flexibility index (Phi) is 9.36. The molecule has 0 unspecified atom stereocenters. The van der Waals surface area contributed by atoms with E-state index in [1.807, 2.05) is 26.0 Å². The summed E-state index contributed by atoms with van der Waals surface area (Å²) >= 11 is 0. The number of rotatable bonds is 9. The number of aliphatic hydroxyl groups is 1. The number of piperidine rings is 1. The molecular formula is C22H37N5O3. The minimum atomic E-state index is -0.571. The number of carbonyl (C=O) groups is 2. The van der Waals surface area contributed by atoms with Crippen LogP contribution in [0, 0.1) is 11.8 Å². The van der Waals surface area contributed by atoms with Crippen LogP contribution in [-0.4, -0.2) is 65.8 Å².